The highest BCUT2D eigenvalue weighted by molar-refractivity contribution is 5.85. The fraction of sp³-hybridized carbons (Fsp3) is 0.500. The molecule has 1 saturated heterocycles. The smallest absolute Gasteiger partial charge is 0.273 e. The summed E-state index contributed by atoms with van der Waals surface area (Å²) in [4.78, 5) is 21.7. The van der Waals surface area contributed by atoms with E-state index in [9.17, 15) is 14.9 Å². The summed E-state index contributed by atoms with van der Waals surface area (Å²) < 4.78 is 5.25. The molecule has 8 heteroatoms. The van der Waals surface area contributed by atoms with Gasteiger partial charge in [0.15, 0.2) is 6.61 Å². The minimum absolute atomic E-state index is 0. The molecule has 1 atom stereocenters. The summed E-state index contributed by atoms with van der Waals surface area (Å²) >= 11 is 0. The van der Waals surface area contributed by atoms with E-state index in [1.165, 1.54) is 18.2 Å². The van der Waals surface area contributed by atoms with E-state index in [-0.39, 0.29) is 30.6 Å². The molecule has 22 heavy (non-hydrogen) atoms. The lowest BCUT2D eigenvalue weighted by atomic mass is 10.1. The fourth-order valence-corrected chi connectivity index (χ4v) is 2.26. The molecule has 0 radical (unpaired) electrons. The van der Waals surface area contributed by atoms with E-state index in [2.05, 4.69) is 10.6 Å². The molecular formula is C14H20ClN3O4. The number of hydrogen-bond donors (Lipinski definition) is 2. The molecule has 0 spiro atoms. The third kappa shape index (κ3) is 5.87. The van der Waals surface area contributed by atoms with Gasteiger partial charge in [-0.05, 0) is 37.9 Å². The van der Waals surface area contributed by atoms with Gasteiger partial charge in [-0.25, -0.2) is 0 Å². The van der Waals surface area contributed by atoms with Crippen molar-refractivity contribution < 1.29 is 14.5 Å². The molecule has 1 fully saturated rings. The second kappa shape index (κ2) is 9.22. The lowest BCUT2D eigenvalue weighted by Gasteiger charge is -2.10. The van der Waals surface area contributed by atoms with Crippen LogP contribution in [-0.4, -0.2) is 37.1 Å². The number of hydrogen-bond acceptors (Lipinski definition) is 5. The topological polar surface area (TPSA) is 93.5 Å². The van der Waals surface area contributed by atoms with Gasteiger partial charge in [0.05, 0.1) is 11.0 Å². The first-order valence-electron chi connectivity index (χ1n) is 7.00. The number of amides is 1. The molecule has 1 aliphatic rings. The summed E-state index contributed by atoms with van der Waals surface area (Å²) in [6, 6.07) is 5.79. The van der Waals surface area contributed by atoms with Gasteiger partial charge in [-0.3, -0.25) is 14.9 Å². The van der Waals surface area contributed by atoms with E-state index in [1.54, 1.807) is 6.07 Å². The van der Waals surface area contributed by atoms with E-state index >= 15 is 0 Å². The van der Waals surface area contributed by atoms with E-state index in [0.717, 1.165) is 25.9 Å². The number of non-ortho nitro benzene ring substituents is 1. The molecule has 7 nitrogen and oxygen atoms in total. The quantitative estimate of drug-likeness (QED) is 0.584. The average molecular weight is 330 g/mol. The largest absolute Gasteiger partial charge is 0.484 e. The molecule has 0 bridgehead atoms. The molecule has 1 aliphatic heterocycles. The van der Waals surface area contributed by atoms with E-state index in [0.29, 0.717) is 18.2 Å². The van der Waals surface area contributed by atoms with Crippen LogP contribution in [0.1, 0.15) is 12.8 Å². The minimum Gasteiger partial charge on any atom is -0.484 e. The van der Waals surface area contributed by atoms with Crippen molar-refractivity contribution in [3.63, 3.8) is 0 Å². The second-order valence-electron chi connectivity index (χ2n) is 5.04. The third-order valence-corrected chi connectivity index (χ3v) is 3.44. The zero-order valence-corrected chi connectivity index (χ0v) is 12.9. The molecule has 2 rings (SSSR count). The van der Waals surface area contributed by atoms with Crippen molar-refractivity contribution in [3.05, 3.63) is 34.4 Å². The maximum atomic E-state index is 11.6. The normalized spacial score (nSPS) is 16.6. The Hall–Kier alpha value is -1.86. The second-order valence-corrected chi connectivity index (χ2v) is 5.04. The summed E-state index contributed by atoms with van der Waals surface area (Å²) in [6.45, 7) is 2.56. The van der Waals surface area contributed by atoms with Crippen LogP contribution in [0.2, 0.25) is 0 Å². The highest BCUT2D eigenvalue weighted by atomic mass is 35.5. The van der Waals surface area contributed by atoms with E-state index in [1.807, 2.05) is 0 Å². The summed E-state index contributed by atoms with van der Waals surface area (Å²) in [7, 11) is 0. The Balaban J connectivity index is 0.00000242. The van der Waals surface area contributed by atoms with Crippen LogP contribution in [0, 0.1) is 16.0 Å². The van der Waals surface area contributed by atoms with Gasteiger partial charge in [-0.15, -0.1) is 12.4 Å². The SMILES string of the molecule is Cl.O=C(COc1cccc([N+](=O)[O-])c1)NCCC1CCNC1. The van der Waals surface area contributed by atoms with E-state index in [4.69, 9.17) is 4.74 Å². The molecule has 1 aromatic carbocycles. The highest BCUT2D eigenvalue weighted by Gasteiger charge is 2.14. The molecule has 1 heterocycles. The number of carbonyl (C=O) groups excluding carboxylic acids is 1. The Bertz CT molecular complexity index is 507. The van der Waals surface area contributed by atoms with Gasteiger partial charge in [-0.2, -0.15) is 0 Å². The molecule has 1 unspecified atom stereocenters. The van der Waals surface area contributed by atoms with Crippen molar-refractivity contribution in [1.29, 1.82) is 0 Å². The molecule has 2 N–H and O–H groups in total. The third-order valence-electron chi connectivity index (χ3n) is 3.44. The van der Waals surface area contributed by atoms with Gasteiger partial charge < -0.3 is 15.4 Å². The minimum atomic E-state index is -0.497. The number of halogens is 1. The van der Waals surface area contributed by atoms with Gasteiger partial charge in [0.1, 0.15) is 5.75 Å². The summed E-state index contributed by atoms with van der Waals surface area (Å²) in [5, 5.41) is 16.7. The van der Waals surface area contributed by atoms with Gasteiger partial charge in [-0.1, -0.05) is 6.07 Å². The first kappa shape index (κ1) is 18.2. The van der Waals surface area contributed by atoms with Gasteiger partial charge >= 0.3 is 0 Å². The molecule has 1 amide bonds. The first-order chi connectivity index (χ1) is 10.1. The number of carbonyl (C=O) groups is 1. The number of nitro benzene ring substituents is 1. The van der Waals surface area contributed by atoms with Crippen LogP contribution >= 0.6 is 12.4 Å². The Labute approximate surface area is 135 Å². The van der Waals surface area contributed by atoms with Gasteiger partial charge in [0, 0.05) is 12.6 Å². The van der Waals surface area contributed by atoms with E-state index < -0.39 is 4.92 Å². The van der Waals surface area contributed by atoms with Gasteiger partial charge in [0.25, 0.3) is 11.6 Å². The monoisotopic (exact) mass is 329 g/mol. The highest BCUT2D eigenvalue weighted by Crippen LogP contribution is 2.18. The zero-order valence-electron chi connectivity index (χ0n) is 12.1. The number of rotatable bonds is 7. The summed E-state index contributed by atoms with van der Waals surface area (Å²) in [6.07, 6.45) is 2.11. The lowest BCUT2D eigenvalue weighted by molar-refractivity contribution is -0.384. The zero-order chi connectivity index (χ0) is 15.1. The van der Waals surface area contributed by atoms with Crippen molar-refractivity contribution in [2.75, 3.05) is 26.2 Å². The van der Waals surface area contributed by atoms with Crippen LogP contribution in [0.4, 0.5) is 5.69 Å². The maximum absolute atomic E-state index is 11.6. The van der Waals surface area contributed by atoms with Crippen LogP contribution in [0.5, 0.6) is 5.75 Å². The molecule has 0 aliphatic carbocycles. The van der Waals surface area contributed by atoms with Crippen LogP contribution in [0.25, 0.3) is 0 Å². The molecular weight excluding hydrogens is 310 g/mol. The number of nitrogens with zero attached hydrogens (tertiary/aromatic N) is 1. The van der Waals surface area contributed by atoms with Crippen LogP contribution in [0.3, 0.4) is 0 Å². The van der Waals surface area contributed by atoms with Crippen LogP contribution < -0.4 is 15.4 Å². The predicted molar refractivity (Wildman–Crippen MR) is 84.4 cm³/mol. The van der Waals surface area contributed by atoms with Crippen molar-refractivity contribution in [2.24, 2.45) is 5.92 Å². The molecule has 1 aromatic rings. The number of nitrogens with one attached hydrogen (secondary N) is 2. The fourth-order valence-electron chi connectivity index (χ4n) is 2.26. The number of benzene rings is 1. The van der Waals surface area contributed by atoms with Crippen molar-refractivity contribution in [3.8, 4) is 5.75 Å². The Morgan fingerprint density at radius 2 is 2.32 bits per heavy atom. The maximum Gasteiger partial charge on any atom is 0.273 e. The predicted octanol–water partition coefficient (Wildman–Crippen LogP) is 1.51. The Morgan fingerprint density at radius 1 is 1.50 bits per heavy atom. The molecule has 122 valence electrons. The van der Waals surface area contributed by atoms with Crippen molar-refractivity contribution >= 4 is 24.0 Å². The van der Waals surface area contributed by atoms with Gasteiger partial charge in [0.2, 0.25) is 0 Å². The van der Waals surface area contributed by atoms with Crippen LogP contribution in [-0.2, 0) is 4.79 Å². The first-order valence-corrected chi connectivity index (χ1v) is 7.00. The van der Waals surface area contributed by atoms with Crippen LogP contribution in [0.15, 0.2) is 24.3 Å². The summed E-state index contributed by atoms with van der Waals surface area (Å²) in [5.74, 6) is 0.731. The summed E-state index contributed by atoms with van der Waals surface area (Å²) in [5.41, 5.74) is -0.0540. The van der Waals surface area contributed by atoms with Crippen molar-refractivity contribution in [2.45, 2.75) is 12.8 Å². The standard InChI is InChI=1S/C14H19N3O4.ClH/c18-14(16-7-5-11-4-6-15-9-11)10-21-13-3-1-2-12(8-13)17(19)20;/h1-3,8,11,15H,4-7,9-10H2,(H,16,18);1H. The lowest BCUT2D eigenvalue weighted by Crippen LogP contribution is -2.30. The molecule has 0 aromatic heterocycles. The Kier molecular flexibility index (Phi) is 7.62. The number of nitro groups is 1. The van der Waals surface area contributed by atoms with Crippen molar-refractivity contribution in [1.82, 2.24) is 10.6 Å². The average Bonchev–Trinajstić information content (AvgIpc) is 2.99. The number of ether oxygens (including phenoxy) is 1. The Morgan fingerprint density at radius 3 is 3.00 bits per heavy atom. The molecule has 0 saturated carbocycles.